The number of methoxy groups -OCH3 is 1. The first-order chi connectivity index (χ1) is 19.9. The first-order valence-corrected chi connectivity index (χ1v) is 14.9. The van der Waals surface area contributed by atoms with Crippen LogP contribution in [0.4, 0.5) is 18.9 Å². The SMILES string of the molecule is COc1cccc(CO/N=C/[C@@]2(O)CC3CCC2[C@@H]3S(=O)(=O)c2cc(C(=O)Nc3cc(F)c(F)c(F)c3)ccc2Cl)c1. The Hall–Kier alpha value is -3.61. The summed E-state index contributed by atoms with van der Waals surface area (Å²) in [5.74, 6) is -6.01. The number of anilines is 1. The van der Waals surface area contributed by atoms with Crippen molar-refractivity contribution in [1.29, 1.82) is 0 Å². The molecule has 4 atom stereocenters. The van der Waals surface area contributed by atoms with Gasteiger partial charge >= 0.3 is 0 Å². The zero-order chi connectivity index (χ0) is 30.2. The number of ether oxygens (including phenoxy) is 1. The molecule has 2 saturated carbocycles. The number of halogens is 4. The molecule has 0 heterocycles. The van der Waals surface area contributed by atoms with Crippen LogP contribution in [0.3, 0.4) is 0 Å². The van der Waals surface area contributed by atoms with Crippen LogP contribution in [0.5, 0.6) is 5.75 Å². The Morgan fingerprint density at radius 1 is 1.14 bits per heavy atom. The maximum absolute atomic E-state index is 13.9. The van der Waals surface area contributed by atoms with Crippen LogP contribution in [0, 0.1) is 29.3 Å². The van der Waals surface area contributed by atoms with Gasteiger partial charge in [-0.15, -0.1) is 0 Å². The fourth-order valence-corrected chi connectivity index (χ4v) is 8.74. The third kappa shape index (κ3) is 5.70. The van der Waals surface area contributed by atoms with E-state index in [4.69, 9.17) is 21.2 Å². The van der Waals surface area contributed by atoms with Crippen LogP contribution in [0.15, 0.2) is 64.6 Å². The van der Waals surface area contributed by atoms with Crippen LogP contribution in [0.25, 0.3) is 0 Å². The van der Waals surface area contributed by atoms with E-state index in [0.717, 1.165) is 11.6 Å². The van der Waals surface area contributed by atoms with Gasteiger partial charge in [-0.1, -0.05) is 28.9 Å². The van der Waals surface area contributed by atoms with Crippen LogP contribution in [0.2, 0.25) is 5.02 Å². The van der Waals surface area contributed by atoms with E-state index in [-0.39, 0.29) is 34.2 Å². The molecular weight excluding hydrogens is 597 g/mol. The third-order valence-electron chi connectivity index (χ3n) is 7.76. The van der Waals surface area contributed by atoms with E-state index in [1.165, 1.54) is 18.3 Å². The summed E-state index contributed by atoms with van der Waals surface area (Å²) in [5, 5.41) is 16.4. The summed E-state index contributed by atoms with van der Waals surface area (Å²) in [6.07, 6.45) is 2.38. The highest BCUT2D eigenvalue weighted by Crippen LogP contribution is 2.54. The van der Waals surface area contributed by atoms with Crippen molar-refractivity contribution >= 4 is 39.2 Å². The first kappa shape index (κ1) is 29.9. The summed E-state index contributed by atoms with van der Waals surface area (Å²) >= 11 is 6.28. The highest BCUT2D eigenvalue weighted by Gasteiger charge is 2.61. The van der Waals surface area contributed by atoms with Gasteiger partial charge in [-0.3, -0.25) is 4.79 Å². The number of nitrogens with zero attached hydrogens (tertiary/aromatic N) is 1. The lowest BCUT2D eigenvalue weighted by atomic mass is 9.85. The van der Waals surface area contributed by atoms with Gasteiger partial charge in [0.1, 0.15) is 18.0 Å². The number of carbonyl (C=O) groups excluding carboxylic acids is 1. The van der Waals surface area contributed by atoms with Gasteiger partial charge in [-0.25, -0.2) is 21.6 Å². The third-order valence-corrected chi connectivity index (χ3v) is 10.6. The fourth-order valence-electron chi connectivity index (χ4n) is 5.84. The number of carbonyl (C=O) groups is 1. The largest absolute Gasteiger partial charge is 0.497 e. The lowest BCUT2D eigenvalue weighted by Crippen LogP contribution is -2.40. The number of nitrogens with one attached hydrogen (secondary N) is 1. The molecule has 2 N–H and O–H groups in total. The summed E-state index contributed by atoms with van der Waals surface area (Å²) < 4.78 is 73.4. The molecule has 0 saturated heterocycles. The Labute approximate surface area is 245 Å². The number of sulfone groups is 1. The van der Waals surface area contributed by atoms with Crippen LogP contribution < -0.4 is 10.1 Å². The van der Waals surface area contributed by atoms with Crippen LogP contribution >= 0.6 is 11.6 Å². The topological polar surface area (TPSA) is 114 Å². The zero-order valence-electron chi connectivity index (χ0n) is 22.2. The molecule has 3 aromatic rings. The maximum atomic E-state index is 13.9. The van der Waals surface area contributed by atoms with Crippen molar-refractivity contribution in [3.8, 4) is 5.75 Å². The van der Waals surface area contributed by atoms with Gasteiger partial charge in [0.2, 0.25) is 0 Å². The molecule has 42 heavy (non-hydrogen) atoms. The smallest absolute Gasteiger partial charge is 0.255 e. The zero-order valence-corrected chi connectivity index (χ0v) is 23.8. The number of oxime groups is 1. The number of amides is 1. The summed E-state index contributed by atoms with van der Waals surface area (Å²) in [6.45, 7) is 0.112. The fraction of sp³-hybridized carbons (Fsp3) is 0.310. The molecule has 2 unspecified atom stereocenters. The van der Waals surface area contributed by atoms with Gasteiger partial charge in [0.15, 0.2) is 27.3 Å². The van der Waals surface area contributed by atoms with E-state index in [2.05, 4.69) is 10.5 Å². The Balaban J connectivity index is 1.33. The summed E-state index contributed by atoms with van der Waals surface area (Å²) in [5.41, 5.74) is -1.26. The van der Waals surface area contributed by atoms with Gasteiger partial charge in [0.25, 0.3) is 5.91 Å². The summed E-state index contributed by atoms with van der Waals surface area (Å²) in [6, 6.07) is 11.9. The molecule has 0 aliphatic heterocycles. The van der Waals surface area contributed by atoms with E-state index in [0.29, 0.717) is 30.7 Å². The minimum atomic E-state index is -4.16. The van der Waals surface area contributed by atoms with E-state index in [9.17, 15) is 31.5 Å². The second kappa shape index (κ2) is 11.6. The van der Waals surface area contributed by atoms with Gasteiger partial charge < -0.3 is 20.0 Å². The van der Waals surface area contributed by atoms with Crippen molar-refractivity contribution in [2.24, 2.45) is 17.0 Å². The van der Waals surface area contributed by atoms with Gasteiger partial charge in [0.05, 0.1) is 28.5 Å². The number of fused-ring (bicyclic) bond motifs is 2. The van der Waals surface area contributed by atoms with Gasteiger partial charge in [0, 0.05) is 29.3 Å². The molecule has 2 bridgehead atoms. The highest BCUT2D eigenvalue weighted by atomic mass is 35.5. The Morgan fingerprint density at radius 3 is 2.60 bits per heavy atom. The van der Waals surface area contributed by atoms with Gasteiger partial charge in [-0.2, -0.15) is 0 Å². The molecule has 222 valence electrons. The number of rotatable bonds is 9. The van der Waals surface area contributed by atoms with E-state index in [1.54, 1.807) is 25.3 Å². The molecule has 3 aromatic carbocycles. The summed E-state index contributed by atoms with van der Waals surface area (Å²) in [7, 11) is -2.62. The predicted octanol–water partition coefficient (Wildman–Crippen LogP) is 5.52. The number of aliphatic hydroxyl groups is 1. The van der Waals surface area contributed by atoms with Crippen LogP contribution in [0.1, 0.15) is 35.2 Å². The molecule has 0 radical (unpaired) electrons. The quantitative estimate of drug-likeness (QED) is 0.184. The highest BCUT2D eigenvalue weighted by molar-refractivity contribution is 7.92. The Morgan fingerprint density at radius 2 is 1.88 bits per heavy atom. The molecule has 5 rings (SSSR count). The molecule has 1 amide bonds. The second-order valence-corrected chi connectivity index (χ2v) is 12.8. The number of hydrogen-bond donors (Lipinski definition) is 2. The molecule has 13 heteroatoms. The molecule has 8 nitrogen and oxygen atoms in total. The van der Waals surface area contributed by atoms with Crippen molar-refractivity contribution in [1.82, 2.24) is 0 Å². The average Bonchev–Trinajstić information content (AvgIpc) is 3.51. The minimum Gasteiger partial charge on any atom is -0.497 e. The molecule has 2 aliphatic rings. The molecule has 2 aliphatic carbocycles. The number of benzene rings is 3. The first-order valence-electron chi connectivity index (χ1n) is 12.9. The average molecular weight is 623 g/mol. The standard InChI is InChI=1S/C29H26ClF3N2O6S/c1-40-20-4-2-3-16(9-20)14-41-34-15-29(37)13-18-5-7-21(29)27(18)42(38,39)25-10-17(6-8-22(25)30)28(36)35-19-11-23(31)26(33)24(32)12-19/h2-4,6,8-12,15,18,21,27,37H,5,7,13-14H2,1H3,(H,35,36)/b34-15+/t18?,21?,27-,29+/m1/s1. The lowest BCUT2D eigenvalue weighted by molar-refractivity contribution is 0.0506. The number of hydrogen-bond acceptors (Lipinski definition) is 7. The summed E-state index contributed by atoms with van der Waals surface area (Å²) in [4.78, 5) is 17.8. The molecule has 2 fully saturated rings. The minimum absolute atomic E-state index is 0.112. The molecular formula is C29H26ClF3N2O6S. The van der Waals surface area contributed by atoms with Crippen molar-refractivity contribution in [2.45, 2.75) is 41.6 Å². The predicted molar refractivity (Wildman–Crippen MR) is 149 cm³/mol. The van der Waals surface area contributed by atoms with Crippen molar-refractivity contribution < 1.29 is 41.1 Å². The monoisotopic (exact) mass is 622 g/mol. The second-order valence-electron chi connectivity index (χ2n) is 10.4. The van der Waals surface area contributed by atoms with E-state index >= 15 is 0 Å². The van der Waals surface area contributed by atoms with Crippen LogP contribution in [-0.2, 0) is 21.3 Å². The van der Waals surface area contributed by atoms with Gasteiger partial charge in [-0.05, 0) is 61.1 Å². The lowest BCUT2D eigenvalue weighted by Gasteiger charge is -2.28. The van der Waals surface area contributed by atoms with Crippen molar-refractivity contribution in [2.75, 3.05) is 12.4 Å². The van der Waals surface area contributed by atoms with E-state index < -0.39 is 55.9 Å². The normalized spacial score (nSPS) is 23.3. The van der Waals surface area contributed by atoms with Crippen LogP contribution in [-0.4, -0.2) is 43.6 Å². The maximum Gasteiger partial charge on any atom is 0.255 e. The molecule has 0 aromatic heterocycles. The van der Waals surface area contributed by atoms with E-state index in [1.807, 2.05) is 6.07 Å². The van der Waals surface area contributed by atoms with Crippen molar-refractivity contribution in [3.63, 3.8) is 0 Å². The molecule has 0 spiro atoms. The van der Waals surface area contributed by atoms with Crippen molar-refractivity contribution in [3.05, 3.63) is 88.2 Å². The Kier molecular flexibility index (Phi) is 8.23. The Bertz CT molecular complexity index is 1650.